The van der Waals surface area contributed by atoms with Crippen LogP contribution in [0, 0.1) is 0 Å². The van der Waals surface area contributed by atoms with Crippen LogP contribution in [0.15, 0.2) is 22.7 Å². The zero-order valence-electron chi connectivity index (χ0n) is 14.8. The van der Waals surface area contributed by atoms with Crippen LogP contribution in [0.25, 0.3) is 0 Å². The fourth-order valence-corrected chi connectivity index (χ4v) is 3.59. The Morgan fingerprint density at radius 1 is 1.16 bits per heavy atom. The average Bonchev–Trinajstić information content (AvgIpc) is 2.83. The number of carbonyl (C=O) groups is 2. The normalized spacial score (nSPS) is 15.8. The minimum Gasteiger partial charge on any atom is -0.342 e. The zero-order chi connectivity index (χ0) is 18.4. The maximum Gasteiger partial charge on any atom is 0.255 e. The molecule has 1 saturated heterocycles. The van der Waals surface area contributed by atoms with Crippen LogP contribution in [0.1, 0.15) is 30.6 Å². The molecular formula is C18H25BrClN3O2. The summed E-state index contributed by atoms with van der Waals surface area (Å²) >= 11 is 9.57. The van der Waals surface area contributed by atoms with Crippen molar-refractivity contribution in [3.63, 3.8) is 0 Å². The van der Waals surface area contributed by atoms with Gasteiger partial charge in [-0.25, -0.2) is 0 Å². The van der Waals surface area contributed by atoms with Crippen molar-refractivity contribution in [1.82, 2.24) is 14.7 Å². The summed E-state index contributed by atoms with van der Waals surface area (Å²) < 4.78 is 0.835. The molecule has 1 aromatic carbocycles. The van der Waals surface area contributed by atoms with Gasteiger partial charge in [0, 0.05) is 43.7 Å². The summed E-state index contributed by atoms with van der Waals surface area (Å²) in [5, 5.41) is 0.464. The molecule has 138 valence electrons. The molecule has 0 saturated carbocycles. The van der Waals surface area contributed by atoms with E-state index < -0.39 is 0 Å². The maximum absolute atomic E-state index is 12.8. The summed E-state index contributed by atoms with van der Waals surface area (Å²) in [5.41, 5.74) is 0.517. The van der Waals surface area contributed by atoms with Gasteiger partial charge >= 0.3 is 0 Å². The van der Waals surface area contributed by atoms with Gasteiger partial charge in [-0.3, -0.25) is 14.5 Å². The molecule has 1 aliphatic rings. The van der Waals surface area contributed by atoms with E-state index in [4.69, 9.17) is 11.6 Å². The highest BCUT2D eigenvalue weighted by Gasteiger charge is 2.23. The van der Waals surface area contributed by atoms with Crippen molar-refractivity contribution in [2.24, 2.45) is 0 Å². The Bertz CT molecular complexity index is 622. The van der Waals surface area contributed by atoms with Crippen molar-refractivity contribution in [3.8, 4) is 0 Å². The first-order valence-corrected chi connectivity index (χ1v) is 9.87. The van der Waals surface area contributed by atoms with Crippen molar-refractivity contribution in [2.75, 3.05) is 45.8 Å². The zero-order valence-corrected chi connectivity index (χ0v) is 17.1. The van der Waals surface area contributed by atoms with Gasteiger partial charge in [-0.1, -0.05) is 27.5 Å². The van der Waals surface area contributed by atoms with E-state index in [1.807, 2.05) is 29.7 Å². The molecule has 1 heterocycles. The second kappa shape index (κ2) is 9.55. The molecule has 1 aliphatic heterocycles. The van der Waals surface area contributed by atoms with Gasteiger partial charge < -0.3 is 9.80 Å². The Morgan fingerprint density at radius 2 is 1.88 bits per heavy atom. The molecule has 7 heteroatoms. The van der Waals surface area contributed by atoms with E-state index in [0.29, 0.717) is 36.8 Å². The summed E-state index contributed by atoms with van der Waals surface area (Å²) in [6.45, 7) is 8.67. The number of nitrogens with zero attached hydrogens (tertiary/aromatic N) is 3. The van der Waals surface area contributed by atoms with E-state index in [1.54, 1.807) is 12.1 Å². The lowest BCUT2D eigenvalue weighted by atomic mass is 10.2. The lowest BCUT2D eigenvalue weighted by molar-refractivity contribution is -0.132. The molecule has 0 spiro atoms. The highest BCUT2D eigenvalue weighted by molar-refractivity contribution is 9.10. The molecule has 0 atom stereocenters. The van der Waals surface area contributed by atoms with E-state index in [-0.39, 0.29) is 11.8 Å². The lowest BCUT2D eigenvalue weighted by Crippen LogP contribution is -2.42. The van der Waals surface area contributed by atoms with Crippen LogP contribution in [0.3, 0.4) is 0 Å². The standard InChI is InChI=1S/C18H25BrClN3O2/c1-3-22(4-2)17(24)13-21-8-5-9-23(11-10-21)18(25)15-12-14(19)6-7-16(15)20/h6-7,12H,3-5,8-11,13H2,1-2H3. The van der Waals surface area contributed by atoms with E-state index in [9.17, 15) is 9.59 Å². The molecule has 2 rings (SSSR count). The minimum atomic E-state index is -0.0526. The molecule has 2 amide bonds. The minimum absolute atomic E-state index is 0.0526. The third-order valence-electron chi connectivity index (χ3n) is 4.51. The van der Waals surface area contributed by atoms with Crippen molar-refractivity contribution >= 4 is 39.3 Å². The van der Waals surface area contributed by atoms with Gasteiger partial charge in [-0.05, 0) is 38.5 Å². The second-order valence-electron chi connectivity index (χ2n) is 6.11. The van der Waals surface area contributed by atoms with Crippen LogP contribution in [-0.4, -0.2) is 72.3 Å². The molecule has 0 bridgehead atoms. The van der Waals surface area contributed by atoms with Crippen molar-refractivity contribution in [3.05, 3.63) is 33.3 Å². The number of amides is 2. The quantitative estimate of drug-likeness (QED) is 0.721. The number of hydrogen-bond acceptors (Lipinski definition) is 3. The first kappa shape index (κ1) is 20.2. The third-order valence-corrected chi connectivity index (χ3v) is 5.33. The summed E-state index contributed by atoms with van der Waals surface area (Å²) in [4.78, 5) is 30.9. The first-order valence-electron chi connectivity index (χ1n) is 8.70. The van der Waals surface area contributed by atoms with E-state index >= 15 is 0 Å². The molecule has 0 aliphatic carbocycles. The van der Waals surface area contributed by atoms with Gasteiger partial charge in [0.2, 0.25) is 5.91 Å². The fourth-order valence-electron chi connectivity index (χ4n) is 3.03. The van der Waals surface area contributed by atoms with Crippen LogP contribution >= 0.6 is 27.5 Å². The molecule has 0 radical (unpaired) electrons. The van der Waals surface area contributed by atoms with Crippen LogP contribution in [-0.2, 0) is 4.79 Å². The van der Waals surface area contributed by atoms with Gasteiger partial charge in [-0.2, -0.15) is 0 Å². The third kappa shape index (κ3) is 5.43. The average molecular weight is 431 g/mol. The highest BCUT2D eigenvalue weighted by Crippen LogP contribution is 2.23. The van der Waals surface area contributed by atoms with Gasteiger partial charge in [0.15, 0.2) is 0 Å². The number of carbonyl (C=O) groups excluding carboxylic acids is 2. The van der Waals surface area contributed by atoms with Crippen LogP contribution in [0.5, 0.6) is 0 Å². The number of rotatable bonds is 5. The van der Waals surface area contributed by atoms with Crippen LogP contribution < -0.4 is 0 Å². The SMILES string of the molecule is CCN(CC)C(=O)CN1CCCN(C(=O)c2cc(Br)ccc2Cl)CC1. The van der Waals surface area contributed by atoms with Crippen molar-refractivity contribution in [2.45, 2.75) is 20.3 Å². The monoisotopic (exact) mass is 429 g/mol. The largest absolute Gasteiger partial charge is 0.342 e. The Morgan fingerprint density at radius 3 is 2.56 bits per heavy atom. The number of hydrogen-bond donors (Lipinski definition) is 0. The van der Waals surface area contributed by atoms with Gasteiger partial charge in [0.05, 0.1) is 17.1 Å². The summed E-state index contributed by atoms with van der Waals surface area (Å²) in [6, 6.07) is 5.31. The second-order valence-corrected chi connectivity index (χ2v) is 7.43. The molecule has 1 fully saturated rings. The first-order chi connectivity index (χ1) is 12.0. The summed E-state index contributed by atoms with van der Waals surface area (Å²) in [6.07, 6.45) is 0.850. The Balaban J connectivity index is 1.98. The molecule has 5 nitrogen and oxygen atoms in total. The van der Waals surface area contributed by atoms with E-state index in [2.05, 4.69) is 20.8 Å². The van der Waals surface area contributed by atoms with E-state index in [1.165, 1.54) is 0 Å². The van der Waals surface area contributed by atoms with Crippen LogP contribution in [0.2, 0.25) is 5.02 Å². The van der Waals surface area contributed by atoms with Crippen molar-refractivity contribution in [1.29, 1.82) is 0 Å². The Hall–Kier alpha value is -1.11. The van der Waals surface area contributed by atoms with Gasteiger partial charge in [-0.15, -0.1) is 0 Å². The van der Waals surface area contributed by atoms with Crippen LogP contribution in [0.4, 0.5) is 0 Å². The summed E-state index contributed by atoms with van der Waals surface area (Å²) in [7, 11) is 0. The highest BCUT2D eigenvalue weighted by atomic mass is 79.9. The predicted octanol–water partition coefficient (Wildman–Crippen LogP) is 3.12. The lowest BCUT2D eigenvalue weighted by Gasteiger charge is -2.25. The predicted molar refractivity (Wildman–Crippen MR) is 104 cm³/mol. The van der Waals surface area contributed by atoms with Gasteiger partial charge in [0.1, 0.15) is 0 Å². The molecular weight excluding hydrogens is 406 g/mol. The maximum atomic E-state index is 12.8. The van der Waals surface area contributed by atoms with E-state index in [0.717, 1.165) is 30.5 Å². The Kier molecular flexibility index (Phi) is 7.72. The number of benzene rings is 1. The molecule has 1 aromatic rings. The van der Waals surface area contributed by atoms with Gasteiger partial charge in [0.25, 0.3) is 5.91 Å². The fraction of sp³-hybridized carbons (Fsp3) is 0.556. The topological polar surface area (TPSA) is 43.9 Å². The molecule has 0 N–H and O–H groups in total. The molecule has 0 unspecified atom stereocenters. The molecule has 0 aromatic heterocycles. The number of halogens is 2. The Labute approximate surface area is 163 Å². The summed E-state index contributed by atoms with van der Waals surface area (Å²) in [5.74, 6) is 0.100. The molecule has 25 heavy (non-hydrogen) atoms. The smallest absolute Gasteiger partial charge is 0.255 e. The number of likely N-dealkylation sites (N-methyl/N-ethyl adjacent to an activating group) is 1. The van der Waals surface area contributed by atoms with Crippen molar-refractivity contribution < 1.29 is 9.59 Å².